The maximum absolute atomic E-state index is 6.44. The van der Waals surface area contributed by atoms with Gasteiger partial charge in [-0.2, -0.15) is 0 Å². The predicted octanol–water partition coefficient (Wildman–Crippen LogP) is 6.65. The topological polar surface area (TPSA) is 39.9 Å². The fourth-order valence-electron chi connectivity index (χ4n) is 4.96. The lowest BCUT2D eigenvalue weighted by atomic mass is 9.79. The van der Waals surface area contributed by atoms with Gasteiger partial charge in [0.1, 0.15) is 17.0 Å². The summed E-state index contributed by atoms with van der Waals surface area (Å²) in [4.78, 5) is 8.85. The molecule has 1 aliphatic heterocycles. The molecule has 4 nitrogen and oxygen atoms in total. The van der Waals surface area contributed by atoms with Crippen molar-refractivity contribution in [1.82, 2.24) is 14.5 Å². The smallest absolute Gasteiger partial charge is 0.108 e. The van der Waals surface area contributed by atoms with E-state index < -0.39 is 0 Å². The first-order valence-electron chi connectivity index (χ1n) is 11.2. The molecule has 1 atom stereocenters. The van der Waals surface area contributed by atoms with Gasteiger partial charge in [0.25, 0.3) is 0 Å². The Bertz CT molecular complexity index is 1110. The van der Waals surface area contributed by atoms with Crippen molar-refractivity contribution < 1.29 is 4.74 Å². The third-order valence-corrected chi connectivity index (χ3v) is 6.53. The molecule has 0 bridgehead atoms. The van der Waals surface area contributed by atoms with Crippen LogP contribution >= 0.6 is 0 Å². The summed E-state index contributed by atoms with van der Waals surface area (Å²) in [6.07, 6.45) is 17.9. The van der Waals surface area contributed by atoms with Gasteiger partial charge in [-0.1, -0.05) is 45.9 Å². The zero-order valence-electron chi connectivity index (χ0n) is 18.5. The van der Waals surface area contributed by atoms with Crippen LogP contribution in [0.25, 0.3) is 11.0 Å². The fourth-order valence-corrected chi connectivity index (χ4v) is 4.96. The molecule has 2 aliphatic carbocycles. The number of ether oxygens (including phenoxy) is 1. The molecule has 0 N–H and O–H groups in total. The van der Waals surface area contributed by atoms with Gasteiger partial charge in [0, 0.05) is 25.5 Å². The number of allylic oxidation sites excluding steroid dienone is 8. The number of aromatic nitrogens is 3. The minimum absolute atomic E-state index is 0.187. The largest absolute Gasteiger partial charge is 0.465 e. The Morgan fingerprint density at radius 1 is 1.17 bits per heavy atom. The van der Waals surface area contributed by atoms with Crippen LogP contribution in [0.5, 0.6) is 0 Å². The molecule has 156 valence electrons. The molecule has 0 saturated heterocycles. The van der Waals surface area contributed by atoms with Crippen molar-refractivity contribution >= 4 is 11.0 Å². The number of nitrogens with zero attached hydrogens (tertiary/aromatic N) is 3. The van der Waals surface area contributed by atoms with Crippen LogP contribution < -0.4 is 0 Å². The monoisotopic (exact) mass is 401 g/mol. The summed E-state index contributed by atoms with van der Waals surface area (Å²) in [6, 6.07) is 2.40. The van der Waals surface area contributed by atoms with E-state index >= 15 is 0 Å². The average molecular weight is 402 g/mol. The van der Waals surface area contributed by atoms with Gasteiger partial charge >= 0.3 is 0 Å². The van der Waals surface area contributed by atoms with E-state index in [1.807, 2.05) is 18.7 Å². The summed E-state index contributed by atoms with van der Waals surface area (Å²) < 4.78 is 8.79. The summed E-state index contributed by atoms with van der Waals surface area (Å²) in [5, 5.41) is 0. The number of hydrogen-bond acceptors (Lipinski definition) is 3. The van der Waals surface area contributed by atoms with Crippen molar-refractivity contribution in [2.75, 3.05) is 0 Å². The normalized spacial score (nSPS) is 21.4. The van der Waals surface area contributed by atoms with Crippen molar-refractivity contribution in [1.29, 1.82) is 0 Å². The van der Waals surface area contributed by atoms with E-state index in [-0.39, 0.29) is 5.41 Å². The van der Waals surface area contributed by atoms with E-state index in [0.717, 1.165) is 37.6 Å². The molecule has 5 rings (SSSR count). The van der Waals surface area contributed by atoms with Crippen molar-refractivity contribution in [3.8, 4) is 0 Å². The number of fused-ring (bicyclic) bond motifs is 1. The second-order valence-corrected chi connectivity index (χ2v) is 10.1. The fraction of sp³-hybridized carbons (Fsp3) is 0.462. The first kappa shape index (κ1) is 19.3. The van der Waals surface area contributed by atoms with Crippen molar-refractivity contribution in [2.24, 2.45) is 11.3 Å². The third kappa shape index (κ3) is 3.53. The summed E-state index contributed by atoms with van der Waals surface area (Å²) >= 11 is 0. The third-order valence-electron chi connectivity index (χ3n) is 6.53. The number of rotatable bonds is 4. The van der Waals surface area contributed by atoms with E-state index in [9.17, 15) is 0 Å². The second-order valence-electron chi connectivity index (χ2n) is 10.1. The van der Waals surface area contributed by atoms with E-state index in [1.165, 1.54) is 33.8 Å². The lowest BCUT2D eigenvalue weighted by molar-refractivity contribution is 0.228. The van der Waals surface area contributed by atoms with E-state index in [4.69, 9.17) is 4.74 Å². The minimum atomic E-state index is 0.187. The molecule has 0 radical (unpaired) electrons. The highest BCUT2D eigenvalue weighted by molar-refractivity contribution is 5.74. The van der Waals surface area contributed by atoms with Crippen LogP contribution in [0.15, 0.2) is 71.3 Å². The molecule has 0 fully saturated rings. The highest BCUT2D eigenvalue weighted by atomic mass is 16.5. The first-order chi connectivity index (χ1) is 14.4. The first-order valence-corrected chi connectivity index (χ1v) is 11.2. The maximum Gasteiger partial charge on any atom is 0.108 e. The highest BCUT2D eigenvalue weighted by Gasteiger charge is 2.31. The van der Waals surface area contributed by atoms with Gasteiger partial charge in [-0.25, -0.2) is 4.98 Å². The van der Waals surface area contributed by atoms with Crippen molar-refractivity contribution in [2.45, 2.75) is 65.8 Å². The SMILES string of the molecule is CC(C)CC(C1=CC2=C(CC1)OC1=C(C=CC(C)(C)C1)C2)n1cnc2cnccc21. The molecular formula is C26H31N3O. The van der Waals surface area contributed by atoms with Crippen LogP contribution in [0.3, 0.4) is 0 Å². The lowest BCUT2D eigenvalue weighted by Crippen LogP contribution is -2.21. The molecule has 0 spiro atoms. The second kappa shape index (κ2) is 7.26. The quantitative estimate of drug-likeness (QED) is 0.575. The Hall–Kier alpha value is -2.62. The predicted molar refractivity (Wildman–Crippen MR) is 121 cm³/mol. The molecule has 2 aromatic rings. The maximum atomic E-state index is 6.44. The Kier molecular flexibility index (Phi) is 4.68. The molecule has 3 heterocycles. The molecule has 1 unspecified atom stereocenters. The zero-order chi connectivity index (χ0) is 20.9. The summed E-state index contributed by atoms with van der Waals surface area (Å²) in [7, 11) is 0. The van der Waals surface area contributed by atoms with E-state index in [2.05, 4.69) is 66.5 Å². The van der Waals surface area contributed by atoms with Crippen LogP contribution in [0.2, 0.25) is 0 Å². The Balaban J connectivity index is 1.48. The zero-order valence-corrected chi connectivity index (χ0v) is 18.5. The lowest BCUT2D eigenvalue weighted by Gasteiger charge is -2.35. The molecule has 2 aromatic heterocycles. The Morgan fingerprint density at radius 3 is 2.87 bits per heavy atom. The van der Waals surface area contributed by atoms with Gasteiger partial charge in [0.05, 0.1) is 24.1 Å². The number of imidazole rings is 1. The van der Waals surface area contributed by atoms with Gasteiger partial charge in [-0.15, -0.1) is 0 Å². The van der Waals surface area contributed by atoms with E-state index in [0.29, 0.717) is 12.0 Å². The van der Waals surface area contributed by atoms with Gasteiger partial charge in [0.15, 0.2) is 0 Å². The van der Waals surface area contributed by atoms with Crippen LogP contribution in [0.1, 0.15) is 65.8 Å². The standard InChI is InChI=1S/C26H31N3O/c1-17(2)11-23(29-16-28-21-15-27-10-8-22(21)29)18-5-6-24-20(12-18)13-19-7-9-26(3,4)14-25(19)30-24/h7-10,12,15-17,23H,5-6,11,13-14H2,1-4H3. The molecule has 4 heteroatoms. The van der Waals surface area contributed by atoms with Crippen LogP contribution in [-0.2, 0) is 4.74 Å². The minimum Gasteiger partial charge on any atom is -0.465 e. The van der Waals surface area contributed by atoms with E-state index in [1.54, 1.807) is 0 Å². The van der Waals surface area contributed by atoms with Crippen LogP contribution in [0, 0.1) is 11.3 Å². The Morgan fingerprint density at radius 2 is 2.03 bits per heavy atom. The van der Waals surface area contributed by atoms with Gasteiger partial charge in [0.2, 0.25) is 0 Å². The van der Waals surface area contributed by atoms with Crippen LogP contribution in [0.4, 0.5) is 0 Å². The molecule has 3 aliphatic rings. The van der Waals surface area contributed by atoms with Crippen molar-refractivity contribution in [3.63, 3.8) is 0 Å². The average Bonchev–Trinajstić information content (AvgIpc) is 3.13. The molecule has 0 amide bonds. The highest BCUT2D eigenvalue weighted by Crippen LogP contribution is 2.45. The van der Waals surface area contributed by atoms with Gasteiger partial charge < -0.3 is 9.30 Å². The Labute approximate surface area is 179 Å². The van der Waals surface area contributed by atoms with Crippen molar-refractivity contribution in [3.05, 3.63) is 71.3 Å². The van der Waals surface area contributed by atoms with Crippen LogP contribution in [-0.4, -0.2) is 14.5 Å². The van der Waals surface area contributed by atoms with Gasteiger partial charge in [-0.3, -0.25) is 4.98 Å². The molecule has 0 saturated carbocycles. The number of hydrogen-bond donors (Lipinski definition) is 0. The summed E-state index contributed by atoms with van der Waals surface area (Å²) in [5.74, 6) is 2.97. The summed E-state index contributed by atoms with van der Waals surface area (Å²) in [5.41, 5.74) is 6.52. The summed E-state index contributed by atoms with van der Waals surface area (Å²) in [6.45, 7) is 9.16. The molecule has 30 heavy (non-hydrogen) atoms. The number of pyridine rings is 1. The van der Waals surface area contributed by atoms with Gasteiger partial charge in [-0.05, 0) is 47.0 Å². The molecular weight excluding hydrogens is 370 g/mol. The molecule has 0 aromatic carbocycles.